The molecule has 0 aliphatic carbocycles. The molecule has 1 amide bonds. The van der Waals surface area contributed by atoms with E-state index in [1.807, 2.05) is 0 Å². The van der Waals surface area contributed by atoms with E-state index in [4.69, 9.17) is 45.4 Å². The SMILES string of the molecule is C#CCNC(=S)Nc1ccc(Oc2ccnc3cc(OC)c(C(N)=O)cc23)cc1Cl. The number of primary amides is 1. The topological polar surface area (TPSA) is 98.5 Å². The molecule has 9 heteroatoms. The summed E-state index contributed by atoms with van der Waals surface area (Å²) in [5.74, 6) is 3.12. The zero-order valence-corrected chi connectivity index (χ0v) is 17.4. The molecule has 0 saturated heterocycles. The van der Waals surface area contributed by atoms with E-state index >= 15 is 0 Å². The maximum absolute atomic E-state index is 11.8. The van der Waals surface area contributed by atoms with Crippen molar-refractivity contribution in [3.63, 3.8) is 0 Å². The van der Waals surface area contributed by atoms with E-state index in [0.29, 0.717) is 50.5 Å². The molecule has 2 aromatic carbocycles. The van der Waals surface area contributed by atoms with Gasteiger partial charge in [-0.2, -0.15) is 0 Å². The molecule has 3 rings (SSSR count). The number of rotatable bonds is 6. The van der Waals surface area contributed by atoms with E-state index in [2.05, 4.69) is 21.5 Å². The van der Waals surface area contributed by atoms with E-state index in [0.717, 1.165) is 0 Å². The van der Waals surface area contributed by atoms with Crippen molar-refractivity contribution < 1.29 is 14.3 Å². The average Bonchev–Trinajstić information content (AvgIpc) is 2.73. The Labute approximate surface area is 183 Å². The molecule has 0 saturated carbocycles. The van der Waals surface area contributed by atoms with Crippen LogP contribution >= 0.6 is 23.8 Å². The van der Waals surface area contributed by atoms with Gasteiger partial charge in [0.1, 0.15) is 17.2 Å². The highest BCUT2D eigenvalue weighted by Crippen LogP contribution is 2.35. The van der Waals surface area contributed by atoms with Crippen LogP contribution in [0.25, 0.3) is 10.9 Å². The van der Waals surface area contributed by atoms with E-state index in [1.54, 1.807) is 42.6 Å². The number of hydrogen-bond acceptors (Lipinski definition) is 5. The number of terminal acetylenes is 1. The van der Waals surface area contributed by atoms with Crippen molar-refractivity contribution in [1.82, 2.24) is 10.3 Å². The molecule has 0 fully saturated rings. The lowest BCUT2D eigenvalue weighted by molar-refractivity contribution is 0.0997. The summed E-state index contributed by atoms with van der Waals surface area (Å²) in [6.07, 6.45) is 6.79. The Morgan fingerprint density at radius 3 is 2.77 bits per heavy atom. The molecular weight excluding hydrogens is 424 g/mol. The van der Waals surface area contributed by atoms with Gasteiger partial charge in [-0.1, -0.05) is 17.5 Å². The van der Waals surface area contributed by atoms with Crippen LogP contribution in [0.1, 0.15) is 10.4 Å². The summed E-state index contributed by atoms with van der Waals surface area (Å²) in [6, 6.07) is 9.99. The van der Waals surface area contributed by atoms with E-state index in [1.165, 1.54) is 7.11 Å². The summed E-state index contributed by atoms with van der Waals surface area (Å²) in [4.78, 5) is 16.1. The number of ether oxygens (including phenoxy) is 2. The van der Waals surface area contributed by atoms with Gasteiger partial charge in [0.25, 0.3) is 5.91 Å². The van der Waals surface area contributed by atoms with Crippen molar-refractivity contribution in [3.05, 3.63) is 53.2 Å². The number of carbonyl (C=O) groups is 1. The van der Waals surface area contributed by atoms with Gasteiger partial charge in [0.2, 0.25) is 0 Å². The van der Waals surface area contributed by atoms with Gasteiger partial charge < -0.3 is 25.8 Å². The Balaban J connectivity index is 1.90. The van der Waals surface area contributed by atoms with E-state index in [9.17, 15) is 4.79 Å². The Morgan fingerprint density at radius 1 is 1.30 bits per heavy atom. The standard InChI is InChI=1S/C21H17ClN4O3S/c1-3-7-25-21(30)26-16-5-4-12(9-15(16)22)29-18-6-8-24-17-11-19(28-2)14(20(23)27)10-13(17)18/h1,4-6,8-11H,7H2,2H3,(H2,23,27)(H2,25,26,30). The first kappa shape index (κ1) is 21.2. The van der Waals surface area contributed by atoms with Crippen LogP contribution in [0, 0.1) is 12.3 Å². The monoisotopic (exact) mass is 440 g/mol. The average molecular weight is 441 g/mol. The second-order valence-corrected chi connectivity index (χ2v) is 6.81. The molecule has 30 heavy (non-hydrogen) atoms. The van der Waals surface area contributed by atoms with Crippen LogP contribution in [-0.2, 0) is 0 Å². The van der Waals surface area contributed by atoms with Crippen molar-refractivity contribution in [2.24, 2.45) is 5.73 Å². The molecule has 0 bridgehead atoms. The maximum Gasteiger partial charge on any atom is 0.252 e. The highest BCUT2D eigenvalue weighted by atomic mass is 35.5. The minimum Gasteiger partial charge on any atom is -0.496 e. The number of thiocarbonyl (C=S) groups is 1. The third-order valence-corrected chi connectivity index (χ3v) is 4.61. The second kappa shape index (κ2) is 9.31. The maximum atomic E-state index is 11.8. The van der Waals surface area contributed by atoms with Gasteiger partial charge >= 0.3 is 0 Å². The quantitative estimate of drug-likeness (QED) is 0.397. The van der Waals surface area contributed by atoms with Crippen LogP contribution in [0.4, 0.5) is 5.69 Å². The highest BCUT2D eigenvalue weighted by Gasteiger charge is 2.15. The van der Waals surface area contributed by atoms with Gasteiger partial charge in [0.05, 0.1) is 35.4 Å². The van der Waals surface area contributed by atoms with E-state index < -0.39 is 5.91 Å². The molecule has 0 spiro atoms. The number of methoxy groups -OCH3 is 1. The summed E-state index contributed by atoms with van der Waals surface area (Å²) in [7, 11) is 1.46. The van der Waals surface area contributed by atoms with Gasteiger partial charge in [-0.05, 0) is 36.5 Å². The molecule has 0 radical (unpaired) electrons. The first-order valence-corrected chi connectivity index (χ1v) is 9.44. The first-order chi connectivity index (χ1) is 14.4. The molecule has 0 unspecified atom stereocenters. The number of halogens is 1. The summed E-state index contributed by atoms with van der Waals surface area (Å²) in [6.45, 7) is 0.303. The van der Waals surface area contributed by atoms with Gasteiger partial charge in [-0.3, -0.25) is 9.78 Å². The van der Waals surface area contributed by atoms with Gasteiger partial charge in [-0.25, -0.2) is 0 Å². The number of hydrogen-bond donors (Lipinski definition) is 3. The minimum absolute atomic E-state index is 0.230. The second-order valence-electron chi connectivity index (χ2n) is 6.00. The van der Waals surface area contributed by atoms with Gasteiger partial charge in [0.15, 0.2) is 5.11 Å². The fourth-order valence-corrected chi connectivity index (χ4v) is 3.08. The summed E-state index contributed by atoms with van der Waals surface area (Å²) in [5.41, 5.74) is 6.87. The number of nitrogens with zero attached hydrogens (tertiary/aromatic N) is 1. The Morgan fingerprint density at radius 2 is 2.10 bits per heavy atom. The molecule has 0 atom stereocenters. The van der Waals surface area contributed by atoms with Crippen molar-refractivity contribution in [2.45, 2.75) is 0 Å². The van der Waals surface area contributed by atoms with Crippen LogP contribution in [0.15, 0.2) is 42.6 Å². The molecule has 0 aliphatic rings. The predicted molar refractivity (Wildman–Crippen MR) is 121 cm³/mol. The van der Waals surface area contributed by atoms with Crippen LogP contribution < -0.4 is 25.8 Å². The fourth-order valence-electron chi connectivity index (χ4n) is 2.68. The number of anilines is 1. The molecular formula is C21H17ClN4O3S. The predicted octanol–water partition coefficient (Wildman–Crippen LogP) is 3.71. The lowest BCUT2D eigenvalue weighted by Gasteiger charge is -2.14. The molecule has 3 aromatic rings. The van der Waals surface area contributed by atoms with Crippen LogP contribution in [0.3, 0.4) is 0 Å². The molecule has 1 heterocycles. The largest absolute Gasteiger partial charge is 0.496 e. The number of nitrogens with one attached hydrogen (secondary N) is 2. The van der Waals surface area contributed by atoms with Gasteiger partial charge in [-0.15, -0.1) is 6.42 Å². The molecule has 0 aliphatic heterocycles. The number of benzene rings is 2. The Hall–Kier alpha value is -3.54. The molecule has 152 valence electrons. The van der Waals surface area contributed by atoms with Crippen molar-refractivity contribution >= 4 is 51.4 Å². The number of pyridine rings is 1. The molecule has 7 nitrogen and oxygen atoms in total. The zero-order chi connectivity index (χ0) is 21.7. The lowest BCUT2D eigenvalue weighted by Crippen LogP contribution is -2.28. The molecule has 4 N–H and O–H groups in total. The van der Waals surface area contributed by atoms with Crippen LogP contribution in [0.2, 0.25) is 5.02 Å². The van der Waals surface area contributed by atoms with Crippen LogP contribution in [0.5, 0.6) is 17.2 Å². The van der Waals surface area contributed by atoms with Crippen molar-refractivity contribution in [3.8, 4) is 29.6 Å². The summed E-state index contributed by atoms with van der Waals surface area (Å²) in [5, 5.41) is 7.16. The lowest BCUT2D eigenvalue weighted by atomic mass is 10.1. The summed E-state index contributed by atoms with van der Waals surface area (Å²) >= 11 is 11.5. The smallest absolute Gasteiger partial charge is 0.252 e. The van der Waals surface area contributed by atoms with Crippen LogP contribution in [-0.4, -0.2) is 29.7 Å². The normalized spacial score (nSPS) is 10.2. The number of fused-ring (bicyclic) bond motifs is 1. The fraction of sp³-hybridized carbons (Fsp3) is 0.0952. The van der Waals surface area contributed by atoms with E-state index in [-0.39, 0.29) is 5.56 Å². The first-order valence-electron chi connectivity index (χ1n) is 8.65. The number of amides is 1. The number of aromatic nitrogens is 1. The summed E-state index contributed by atoms with van der Waals surface area (Å²) < 4.78 is 11.2. The van der Waals surface area contributed by atoms with Crippen molar-refractivity contribution in [1.29, 1.82) is 0 Å². The third kappa shape index (κ3) is 4.71. The number of carbonyl (C=O) groups excluding carboxylic acids is 1. The molecule has 1 aromatic heterocycles. The number of nitrogens with two attached hydrogens (primary N) is 1. The Bertz CT molecular complexity index is 1180. The van der Waals surface area contributed by atoms with Crippen molar-refractivity contribution in [2.75, 3.05) is 19.0 Å². The highest BCUT2D eigenvalue weighted by molar-refractivity contribution is 7.80. The van der Waals surface area contributed by atoms with Gasteiger partial charge in [0, 0.05) is 23.7 Å². The minimum atomic E-state index is -0.614. The zero-order valence-electron chi connectivity index (χ0n) is 15.9. The Kier molecular flexibility index (Phi) is 6.57. The third-order valence-electron chi connectivity index (χ3n) is 4.06.